The molecule has 0 aromatic heterocycles. The summed E-state index contributed by atoms with van der Waals surface area (Å²) < 4.78 is 30.9. The van der Waals surface area contributed by atoms with Crippen molar-refractivity contribution in [3.8, 4) is 0 Å². The van der Waals surface area contributed by atoms with Crippen molar-refractivity contribution in [2.75, 3.05) is 26.4 Å². The molecule has 28 N–H and O–H groups in total. The molecule has 89 heavy (non-hydrogen) atoms. The standard InChI is InChI=1S/C14H26O10.C14H26O9.3C9H20O5/c1-5(2)3-6-9(17)12(20)14(21,23-6)24-13-11(19)10(18)8(16)7(4-15)22-13;1-5(2)4-7-9(16)10(17)11(18)13(21-7)23-14(20)12(19)8(15)6(3)22-14;3*1-5(2)3-6(11)8(13)9(14)7(12)4-10/h5-13,15-21H,3-4H2,1-2H3;5-13,15-20H,4H2,1-3H3;3*5-14H,3-4H2,1-2H3/t2*6-,7-,8-,9-,10+,11-,12+,13?,14-;6-,7+,8+,9+;6-,7+,8-,9-;6-,7-,8-,9-/m11011/s1. The molecule has 4 rings (SSSR count). The third-order valence-corrected chi connectivity index (χ3v) is 14.5. The minimum atomic E-state index is -2.67. The van der Waals surface area contributed by atoms with Crippen LogP contribution in [-0.2, 0) is 28.4 Å². The third kappa shape index (κ3) is 27.4. The van der Waals surface area contributed by atoms with Crippen LogP contribution in [0.2, 0.25) is 0 Å². The molecule has 30 atom stereocenters. The van der Waals surface area contributed by atoms with Gasteiger partial charge >= 0.3 is 11.9 Å². The van der Waals surface area contributed by atoms with Gasteiger partial charge in [0.1, 0.15) is 110 Å². The zero-order valence-corrected chi connectivity index (χ0v) is 52.4. The summed E-state index contributed by atoms with van der Waals surface area (Å²) in [7, 11) is 0. The van der Waals surface area contributed by atoms with E-state index in [2.05, 4.69) is 0 Å². The number of rotatable bonds is 27. The van der Waals surface area contributed by atoms with Gasteiger partial charge < -0.3 is 162 Å². The highest BCUT2D eigenvalue weighted by atomic mass is 16.9. The van der Waals surface area contributed by atoms with Crippen LogP contribution in [0.15, 0.2) is 0 Å². The summed E-state index contributed by atoms with van der Waals surface area (Å²) in [4.78, 5) is 0. The summed E-state index contributed by atoms with van der Waals surface area (Å²) in [5.41, 5.74) is 0. The summed E-state index contributed by atoms with van der Waals surface area (Å²) >= 11 is 0. The Hall–Kier alpha value is -1.36. The van der Waals surface area contributed by atoms with Crippen molar-refractivity contribution < 1.29 is 171 Å². The smallest absolute Gasteiger partial charge is 0.313 e. The van der Waals surface area contributed by atoms with Crippen LogP contribution in [-0.4, -0.2) is 353 Å². The summed E-state index contributed by atoms with van der Waals surface area (Å²) in [6.07, 6.45) is -37.9. The molecule has 0 radical (unpaired) electrons. The van der Waals surface area contributed by atoms with Crippen LogP contribution in [0.4, 0.5) is 0 Å². The van der Waals surface area contributed by atoms with Crippen molar-refractivity contribution in [1.82, 2.24) is 0 Å². The summed E-state index contributed by atoms with van der Waals surface area (Å²) in [5, 5.41) is 265. The topological polar surface area (TPSA) is 622 Å². The van der Waals surface area contributed by atoms with Crippen molar-refractivity contribution in [3.05, 3.63) is 0 Å². The zero-order chi connectivity index (χ0) is 69.7. The first-order chi connectivity index (χ1) is 40.9. The lowest BCUT2D eigenvalue weighted by molar-refractivity contribution is -0.442. The first kappa shape index (κ1) is 87.6. The Morgan fingerprint density at radius 3 is 0.899 bits per heavy atom. The monoisotopic (exact) mass is 1320 g/mol. The second-order valence-corrected chi connectivity index (χ2v) is 25.1. The lowest BCUT2D eigenvalue weighted by atomic mass is 9.93. The van der Waals surface area contributed by atoms with Crippen LogP contribution in [0, 0.1) is 29.6 Å². The third-order valence-electron chi connectivity index (χ3n) is 14.5. The highest BCUT2D eigenvalue weighted by molar-refractivity contribution is 4.96. The van der Waals surface area contributed by atoms with E-state index in [0.29, 0.717) is 32.1 Å². The molecule has 0 aromatic carbocycles. The molecule has 0 amide bonds. The van der Waals surface area contributed by atoms with Gasteiger partial charge in [-0.3, -0.25) is 9.47 Å². The van der Waals surface area contributed by atoms with Gasteiger partial charge in [-0.05, 0) is 68.6 Å². The van der Waals surface area contributed by atoms with Crippen LogP contribution in [0.5, 0.6) is 0 Å². The maximum absolute atomic E-state index is 10.3. The molecule has 4 aliphatic rings. The Kier molecular flexibility index (Phi) is 40.3. The Balaban J connectivity index is 0.00000112. The molecule has 34 nitrogen and oxygen atoms in total. The van der Waals surface area contributed by atoms with E-state index in [0.717, 1.165) is 0 Å². The largest absolute Gasteiger partial charge is 0.394 e. The Morgan fingerprint density at radius 1 is 0.337 bits per heavy atom. The molecule has 4 heterocycles. The molecule has 0 bridgehead atoms. The van der Waals surface area contributed by atoms with Crippen molar-refractivity contribution in [2.24, 2.45) is 29.6 Å². The van der Waals surface area contributed by atoms with Gasteiger partial charge in [-0.2, -0.15) is 0 Å². The predicted octanol–water partition coefficient (Wildman–Crippen LogP) is -10.3. The van der Waals surface area contributed by atoms with E-state index in [-0.39, 0.29) is 29.6 Å². The van der Waals surface area contributed by atoms with E-state index in [9.17, 15) is 107 Å². The Morgan fingerprint density at radius 2 is 0.618 bits per heavy atom. The van der Waals surface area contributed by atoms with Gasteiger partial charge in [0.05, 0.1) is 63.1 Å². The second kappa shape index (κ2) is 40.9. The lowest BCUT2D eigenvalue weighted by Crippen LogP contribution is -2.62. The van der Waals surface area contributed by atoms with Gasteiger partial charge in [-0.1, -0.05) is 69.2 Å². The van der Waals surface area contributed by atoms with Gasteiger partial charge in [0, 0.05) is 0 Å². The van der Waals surface area contributed by atoms with E-state index in [1.165, 1.54) is 6.92 Å². The molecular weight excluding hydrogens is 1200 g/mol. The maximum atomic E-state index is 10.3. The Labute approximate surface area is 517 Å². The minimum Gasteiger partial charge on any atom is -0.394 e. The first-order valence-corrected chi connectivity index (χ1v) is 29.7. The Bertz CT molecular complexity index is 1750. The van der Waals surface area contributed by atoms with Crippen molar-refractivity contribution >= 4 is 0 Å². The molecule has 34 heteroatoms. The van der Waals surface area contributed by atoms with Gasteiger partial charge in [-0.25, -0.2) is 0 Å². The fourth-order valence-electron chi connectivity index (χ4n) is 9.23. The fraction of sp³-hybridized carbons (Fsp3) is 1.00. The fourth-order valence-corrected chi connectivity index (χ4v) is 9.23. The molecule has 0 saturated carbocycles. The number of hydrogen-bond acceptors (Lipinski definition) is 34. The lowest BCUT2D eigenvalue weighted by Gasteiger charge is -2.43. The molecule has 0 aromatic rings. The van der Waals surface area contributed by atoms with Crippen LogP contribution in [0.3, 0.4) is 0 Å². The van der Waals surface area contributed by atoms with E-state index in [1.807, 2.05) is 69.2 Å². The molecule has 4 aliphatic heterocycles. The predicted molar refractivity (Wildman–Crippen MR) is 303 cm³/mol. The molecule has 4 fully saturated rings. The molecule has 2 unspecified atom stereocenters. The summed E-state index contributed by atoms with van der Waals surface area (Å²) in [6.45, 7) is 17.5. The summed E-state index contributed by atoms with van der Waals surface area (Å²) in [6, 6.07) is 0. The van der Waals surface area contributed by atoms with Crippen molar-refractivity contribution in [1.29, 1.82) is 0 Å². The number of hydrogen-bond donors (Lipinski definition) is 28. The van der Waals surface area contributed by atoms with Gasteiger partial charge in [-0.15, -0.1) is 0 Å². The quantitative estimate of drug-likeness (QED) is 0.0340. The molecule has 0 aliphatic carbocycles. The van der Waals surface area contributed by atoms with Crippen LogP contribution in [0.1, 0.15) is 108 Å². The highest BCUT2D eigenvalue weighted by Gasteiger charge is 2.59. The first-order valence-electron chi connectivity index (χ1n) is 29.7. The van der Waals surface area contributed by atoms with Gasteiger partial charge in [0.15, 0.2) is 24.8 Å². The SMILES string of the molecule is CC(C)C[C@@H](O)[C@@H](O)[C@H](O)[C@@H](O)CO.CC(C)C[C@@H](O)[C@@H](O)[C@H](O)[C@H](O)CO.CC(C)C[C@H](O)[C@@H](O)[C@H](O)[C@H](O)CO.CC(C)C[C@H]1OC(O[C@]2(O)O[C@H](C)[C@@H](O)[C@@H]2O)[C@H](O)[C@@H](O)[C@@H]1O.CC(C)C[C@H]1O[C@@](O)(OC2O[C@H](CO)[C@@H](O)[C@H](O)[C@H]2O)[C@@H](O)[C@@H]1O. The average molecular weight is 1320 g/mol. The number of aliphatic hydroxyl groups excluding tert-OH is 26. The maximum Gasteiger partial charge on any atom is 0.313 e. The second-order valence-electron chi connectivity index (χ2n) is 25.1. The zero-order valence-electron chi connectivity index (χ0n) is 52.4. The van der Waals surface area contributed by atoms with E-state index >= 15 is 0 Å². The highest BCUT2D eigenvalue weighted by Crippen LogP contribution is 2.38. The van der Waals surface area contributed by atoms with Crippen LogP contribution in [0.25, 0.3) is 0 Å². The van der Waals surface area contributed by atoms with Gasteiger partial charge in [0.25, 0.3) is 0 Å². The van der Waals surface area contributed by atoms with E-state index in [1.54, 1.807) is 0 Å². The van der Waals surface area contributed by atoms with Crippen LogP contribution < -0.4 is 0 Å². The van der Waals surface area contributed by atoms with Crippen LogP contribution >= 0.6 is 0 Å². The average Bonchev–Trinajstić information content (AvgIpc) is 2.23. The minimum absolute atomic E-state index is 0.103. The van der Waals surface area contributed by atoms with E-state index < -0.39 is 210 Å². The number of aliphatic hydroxyl groups is 28. The normalized spacial score (nSPS) is 36.4. The van der Waals surface area contributed by atoms with E-state index in [4.69, 9.17) is 64.2 Å². The number of ether oxygens (including phenoxy) is 6. The molecule has 0 spiro atoms. The molecule has 4 saturated heterocycles. The molecule has 536 valence electrons. The molecular formula is C55H112O34. The van der Waals surface area contributed by atoms with Gasteiger partial charge in [0.2, 0.25) is 0 Å². The van der Waals surface area contributed by atoms with Crippen molar-refractivity contribution in [2.45, 2.75) is 291 Å². The van der Waals surface area contributed by atoms with Crippen molar-refractivity contribution in [3.63, 3.8) is 0 Å². The summed E-state index contributed by atoms with van der Waals surface area (Å²) in [5.74, 6) is -4.49.